The summed E-state index contributed by atoms with van der Waals surface area (Å²) >= 11 is 6.20. The second kappa shape index (κ2) is 8.55. The molecular weight excluding hydrogens is 368 g/mol. The molecule has 27 heavy (non-hydrogen) atoms. The highest BCUT2D eigenvalue weighted by atomic mass is 35.5. The van der Waals surface area contributed by atoms with Gasteiger partial charge in [-0.2, -0.15) is 5.10 Å². The summed E-state index contributed by atoms with van der Waals surface area (Å²) < 4.78 is 12.5. The first-order valence-electron chi connectivity index (χ1n) is 8.34. The minimum Gasteiger partial charge on any atom is -0.491 e. The lowest BCUT2D eigenvalue weighted by Crippen LogP contribution is -2.22. The summed E-state index contributed by atoms with van der Waals surface area (Å²) in [6, 6.07) is 11.0. The summed E-state index contributed by atoms with van der Waals surface area (Å²) in [5, 5.41) is 4.39. The normalized spacial score (nSPS) is 11.1. The Hall–Kier alpha value is -3.06. The Bertz CT molecular complexity index is 984. The van der Waals surface area contributed by atoms with Crippen molar-refractivity contribution in [2.45, 2.75) is 13.5 Å². The van der Waals surface area contributed by atoms with Crippen LogP contribution in [0.3, 0.4) is 0 Å². The Balaban J connectivity index is 1.67. The van der Waals surface area contributed by atoms with Crippen LogP contribution in [0.4, 0.5) is 0 Å². The van der Waals surface area contributed by atoms with Crippen molar-refractivity contribution in [1.29, 1.82) is 0 Å². The number of para-hydroxylation sites is 2. The SMILES string of the molecule is CCOc1cc(/C=N\NC(=O)Cn2cnc3ccccc32)cc(Cl)c1OC. The van der Waals surface area contributed by atoms with Gasteiger partial charge < -0.3 is 14.0 Å². The number of hydrazone groups is 1. The number of benzene rings is 2. The number of methoxy groups -OCH3 is 1. The quantitative estimate of drug-likeness (QED) is 0.499. The maximum atomic E-state index is 12.1. The zero-order chi connectivity index (χ0) is 19.2. The van der Waals surface area contributed by atoms with Crippen LogP contribution in [-0.2, 0) is 11.3 Å². The van der Waals surface area contributed by atoms with Gasteiger partial charge in [-0.3, -0.25) is 4.79 Å². The number of rotatable bonds is 7. The van der Waals surface area contributed by atoms with Crippen LogP contribution >= 0.6 is 11.6 Å². The van der Waals surface area contributed by atoms with Gasteiger partial charge in [0.05, 0.1) is 42.3 Å². The van der Waals surface area contributed by atoms with E-state index in [0.717, 1.165) is 11.0 Å². The van der Waals surface area contributed by atoms with E-state index in [1.165, 1.54) is 13.3 Å². The van der Waals surface area contributed by atoms with E-state index < -0.39 is 0 Å². The average molecular weight is 387 g/mol. The molecule has 8 heteroatoms. The van der Waals surface area contributed by atoms with Gasteiger partial charge in [0.2, 0.25) is 0 Å². The van der Waals surface area contributed by atoms with Gasteiger partial charge in [0.25, 0.3) is 5.91 Å². The van der Waals surface area contributed by atoms with Crippen LogP contribution in [0.25, 0.3) is 11.0 Å². The van der Waals surface area contributed by atoms with E-state index in [0.29, 0.717) is 28.7 Å². The van der Waals surface area contributed by atoms with Crippen molar-refractivity contribution < 1.29 is 14.3 Å². The van der Waals surface area contributed by atoms with E-state index in [4.69, 9.17) is 21.1 Å². The number of fused-ring (bicyclic) bond motifs is 1. The van der Waals surface area contributed by atoms with E-state index in [9.17, 15) is 4.79 Å². The highest BCUT2D eigenvalue weighted by molar-refractivity contribution is 6.32. The molecule has 0 atom stereocenters. The number of halogens is 1. The summed E-state index contributed by atoms with van der Waals surface area (Å²) in [5.74, 6) is 0.718. The van der Waals surface area contributed by atoms with Crippen molar-refractivity contribution in [3.8, 4) is 11.5 Å². The highest BCUT2D eigenvalue weighted by Crippen LogP contribution is 2.35. The van der Waals surface area contributed by atoms with Crippen molar-refractivity contribution in [1.82, 2.24) is 15.0 Å². The molecule has 3 aromatic rings. The Morgan fingerprint density at radius 2 is 2.19 bits per heavy atom. The minimum atomic E-state index is -0.265. The molecular formula is C19H19ClN4O3. The topological polar surface area (TPSA) is 77.7 Å². The lowest BCUT2D eigenvalue weighted by Gasteiger charge is -2.11. The van der Waals surface area contributed by atoms with Gasteiger partial charge >= 0.3 is 0 Å². The van der Waals surface area contributed by atoms with Gasteiger partial charge in [-0.25, -0.2) is 10.4 Å². The summed E-state index contributed by atoms with van der Waals surface area (Å²) in [6.07, 6.45) is 3.13. The smallest absolute Gasteiger partial charge is 0.260 e. The van der Waals surface area contributed by atoms with E-state index in [1.54, 1.807) is 23.0 Å². The molecule has 0 spiro atoms. The molecule has 1 amide bonds. The van der Waals surface area contributed by atoms with Gasteiger partial charge in [0, 0.05) is 0 Å². The number of hydrogen-bond acceptors (Lipinski definition) is 5. The minimum absolute atomic E-state index is 0.116. The molecule has 7 nitrogen and oxygen atoms in total. The molecule has 0 aliphatic rings. The van der Waals surface area contributed by atoms with Gasteiger partial charge in [-0.15, -0.1) is 0 Å². The summed E-state index contributed by atoms with van der Waals surface area (Å²) in [6.45, 7) is 2.46. The molecule has 2 aromatic carbocycles. The molecule has 0 fully saturated rings. The molecule has 0 saturated carbocycles. The second-order valence-electron chi connectivity index (χ2n) is 5.62. The van der Waals surface area contributed by atoms with Crippen molar-refractivity contribution in [3.63, 3.8) is 0 Å². The van der Waals surface area contributed by atoms with Crippen molar-refractivity contribution in [2.24, 2.45) is 5.10 Å². The first-order chi connectivity index (χ1) is 13.1. The van der Waals surface area contributed by atoms with Crippen molar-refractivity contribution >= 4 is 34.8 Å². The van der Waals surface area contributed by atoms with Crippen LogP contribution in [0.15, 0.2) is 47.8 Å². The lowest BCUT2D eigenvalue weighted by molar-refractivity contribution is -0.121. The highest BCUT2D eigenvalue weighted by Gasteiger charge is 2.11. The average Bonchev–Trinajstić information content (AvgIpc) is 3.05. The maximum Gasteiger partial charge on any atom is 0.260 e. The summed E-state index contributed by atoms with van der Waals surface area (Å²) in [7, 11) is 1.53. The Kier molecular flexibility index (Phi) is 5.93. The zero-order valence-electron chi connectivity index (χ0n) is 15.0. The fourth-order valence-corrected chi connectivity index (χ4v) is 2.92. The predicted octanol–water partition coefficient (Wildman–Crippen LogP) is 3.25. The van der Waals surface area contributed by atoms with E-state index >= 15 is 0 Å². The molecule has 0 saturated heterocycles. The largest absolute Gasteiger partial charge is 0.491 e. The molecule has 1 N–H and O–H groups in total. The monoisotopic (exact) mass is 386 g/mol. The number of carbonyl (C=O) groups excluding carboxylic acids is 1. The lowest BCUT2D eigenvalue weighted by atomic mass is 10.2. The third kappa shape index (κ3) is 4.38. The molecule has 0 aliphatic heterocycles. The second-order valence-corrected chi connectivity index (χ2v) is 6.03. The molecule has 3 rings (SSSR count). The fourth-order valence-electron chi connectivity index (χ4n) is 2.63. The van der Waals surface area contributed by atoms with Crippen LogP contribution in [0, 0.1) is 0 Å². The number of amides is 1. The number of nitrogens with one attached hydrogen (secondary N) is 1. The molecule has 0 aliphatic carbocycles. The van der Waals surface area contributed by atoms with E-state index in [2.05, 4.69) is 15.5 Å². The molecule has 1 aromatic heterocycles. The van der Waals surface area contributed by atoms with E-state index in [1.807, 2.05) is 31.2 Å². The molecule has 1 heterocycles. The molecule has 0 bridgehead atoms. The first kappa shape index (κ1) is 18.7. The Morgan fingerprint density at radius 1 is 1.37 bits per heavy atom. The van der Waals surface area contributed by atoms with Gasteiger partial charge in [0.15, 0.2) is 11.5 Å². The maximum absolute atomic E-state index is 12.1. The van der Waals surface area contributed by atoms with Crippen LogP contribution in [0.2, 0.25) is 5.02 Å². The van der Waals surface area contributed by atoms with Gasteiger partial charge in [0.1, 0.15) is 6.54 Å². The van der Waals surface area contributed by atoms with E-state index in [-0.39, 0.29) is 12.5 Å². The third-order valence-corrected chi connectivity index (χ3v) is 4.06. The number of ether oxygens (including phenoxy) is 2. The number of nitrogens with zero attached hydrogens (tertiary/aromatic N) is 3. The fraction of sp³-hybridized carbons (Fsp3) is 0.211. The van der Waals surface area contributed by atoms with Crippen LogP contribution in [-0.4, -0.2) is 35.4 Å². The molecule has 0 unspecified atom stereocenters. The zero-order valence-corrected chi connectivity index (χ0v) is 15.7. The number of carbonyl (C=O) groups is 1. The third-order valence-electron chi connectivity index (χ3n) is 3.78. The van der Waals surface area contributed by atoms with Gasteiger partial charge in [-0.05, 0) is 36.8 Å². The van der Waals surface area contributed by atoms with Gasteiger partial charge in [-0.1, -0.05) is 23.7 Å². The van der Waals surface area contributed by atoms with Crippen LogP contribution < -0.4 is 14.9 Å². The molecule has 140 valence electrons. The first-order valence-corrected chi connectivity index (χ1v) is 8.72. The Morgan fingerprint density at radius 3 is 2.96 bits per heavy atom. The standard InChI is InChI=1S/C19H19ClN4O3/c1-3-27-17-9-13(8-14(20)19(17)26-2)10-22-23-18(25)11-24-12-21-15-6-4-5-7-16(15)24/h4-10,12H,3,11H2,1-2H3,(H,23,25)/b22-10-. The summed E-state index contributed by atoms with van der Waals surface area (Å²) in [5.41, 5.74) is 4.91. The number of aromatic nitrogens is 2. The molecule has 0 radical (unpaired) electrons. The summed E-state index contributed by atoms with van der Waals surface area (Å²) in [4.78, 5) is 16.4. The predicted molar refractivity (Wildman–Crippen MR) is 105 cm³/mol. The number of imidazole rings is 1. The Labute approximate surface area is 161 Å². The number of hydrogen-bond donors (Lipinski definition) is 1. The van der Waals surface area contributed by atoms with Crippen molar-refractivity contribution in [3.05, 3.63) is 53.3 Å². The van der Waals surface area contributed by atoms with Crippen molar-refractivity contribution in [2.75, 3.05) is 13.7 Å². The van der Waals surface area contributed by atoms with Crippen LogP contribution in [0.5, 0.6) is 11.5 Å². The van der Waals surface area contributed by atoms with Crippen LogP contribution in [0.1, 0.15) is 12.5 Å².